The fraction of sp³-hybridized carbons (Fsp3) is 0.923. The number of nitrogens with zero attached hydrogens (tertiary/aromatic N) is 3. The highest BCUT2D eigenvalue weighted by atomic mass is 15.3. The Balaban J connectivity index is 1.72. The monoisotopic (exact) mass is 236 g/mol. The van der Waals surface area contributed by atoms with E-state index >= 15 is 0 Å². The zero-order valence-corrected chi connectivity index (χ0v) is 11.1. The van der Waals surface area contributed by atoms with Crippen LogP contribution >= 0.6 is 0 Å². The van der Waals surface area contributed by atoms with E-state index in [1.807, 2.05) is 14.0 Å². The average molecular weight is 236 g/mol. The van der Waals surface area contributed by atoms with Crippen molar-refractivity contribution in [2.24, 2.45) is 5.92 Å². The second-order valence-corrected chi connectivity index (χ2v) is 5.71. The number of hydrogen-bond donors (Lipinski definition) is 1. The molecule has 2 fully saturated rings. The Morgan fingerprint density at radius 1 is 1.24 bits per heavy atom. The maximum absolute atomic E-state index is 9.15. The summed E-state index contributed by atoms with van der Waals surface area (Å²) in [4.78, 5) is 4.99. The first-order chi connectivity index (χ1) is 8.15. The lowest BCUT2D eigenvalue weighted by Crippen LogP contribution is -2.54. The van der Waals surface area contributed by atoms with E-state index < -0.39 is 5.54 Å². The molecule has 17 heavy (non-hydrogen) atoms. The predicted molar refractivity (Wildman–Crippen MR) is 68.7 cm³/mol. The molecule has 0 spiro atoms. The molecule has 2 aliphatic rings. The first-order valence-electron chi connectivity index (χ1n) is 6.70. The van der Waals surface area contributed by atoms with Gasteiger partial charge in [0.25, 0.3) is 0 Å². The minimum absolute atomic E-state index is 0.404. The van der Waals surface area contributed by atoms with Crippen LogP contribution in [0.5, 0.6) is 0 Å². The Kier molecular flexibility index (Phi) is 4.03. The normalized spacial score (nSPS) is 26.4. The summed E-state index contributed by atoms with van der Waals surface area (Å²) in [6.07, 6.45) is 2.87. The van der Waals surface area contributed by atoms with Gasteiger partial charge in [-0.3, -0.25) is 4.90 Å². The van der Waals surface area contributed by atoms with Crippen molar-refractivity contribution in [3.63, 3.8) is 0 Å². The Morgan fingerprint density at radius 2 is 1.82 bits per heavy atom. The van der Waals surface area contributed by atoms with Crippen molar-refractivity contribution in [3.8, 4) is 6.07 Å². The van der Waals surface area contributed by atoms with Crippen LogP contribution < -0.4 is 5.32 Å². The lowest BCUT2D eigenvalue weighted by Gasteiger charge is -2.37. The molecule has 1 aliphatic heterocycles. The summed E-state index contributed by atoms with van der Waals surface area (Å²) in [6.45, 7) is 8.65. The molecule has 4 heteroatoms. The Hall–Kier alpha value is -0.630. The zero-order valence-electron chi connectivity index (χ0n) is 11.1. The Labute approximate surface area is 105 Å². The highest BCUT2D eigenvalue weighted by Gasteiger charge is 2.29. The van der Waals surface area contributed by atoms with Crippen LogP contribution in [-0.2, 0) is 0 Å². The zero-order chi connectivity index (χ0) is 12.3. The standard InChI is InChI=1S/C13H24N4/c1-13(10-14,15-2)11-17-7-5-16(6-8-17)9-12-3-4-12/h12,15H,3-9,11H2,1-2H3. The summed E-state index contributed by atoms with van der Waals surface area (Å²) in [7, 11) is 1.87. The summed E-state index contributed by atoms with van der Waals surface area (Å²) >= 11 is 0. The van der Waals surface area contributed by atoms with Crippen LogP contribution in [0, 0.1) is 17.2 Å². The SMILES string of the molecule is CNC(C)(C#N)CN1CCN(CC2CC2)CC1. The van der Waals surface area contributed by atoms with Crippen LogP contribution in [-0.4, -0.2) is 61.7 Å². The van der Waals surface area contributed by atoms with Crippen LogP contribution in [0.2, 0.25) is 0 Å². The first kappa shape index (κ1) is 12.8. The lowest BCUT2D eigenvalue weighted by atomic mass is 10.0. The van der Waals surface area contributed by atoms with Gasteiger partial charge in [0, 0.05) is 39.3 Å². The van der Waals surface area contributed by atoms with Gasteiger partial charge in [-0.1, -0.05) is 0 Å². The van der Waals surface area contributed by atoms with Gasteiger partial charge < -0.3 is 10.2 Å². The number of nitrogens with one attached hydrogen (secondary N) is 1. The van der Waals surface area contributed by atoms with Crippen molar-refractivity contribution in [1.82, 2.24) is 15.1 Å². The highest BCUT2D eigenvalue weighted by Crippen LogP contribution is 2.29. The summed E-state index contributed by atoms with van der Waals surface area (Å²) in [5.41, 5.74) is -0.404. The molecule has 1 saturated heterocycles. The fourth-order valence-corrected chi connectivity index (χ4v) is 2.41. The number of rotatable bonds is 5. The molecule has 0 aromatic heterocycles. The van der Waals surface area contributed by atoms with Crippen molar-refractivity contribution in [3.05, 3.63) is 0 Å². The molecule has 2 rings (SSSR count). The van der Waals surface area contributed by atoms with Gasteiger partial charge in [-0.05, 0) is 32.7 Å². The molecule has 1 aliphatic carbocycles. The minimum atomic E-state index is -0.404. The molecule has 1 unspecified atom stereocenters. The molecule has 0 radical (unpaired) electrons. The second kappa shape index (κ2) is 5.34. The predicted octanol–water partition coefficient (Wildman–Crippen LogP) is 0.516. The number of hydrogen-bond acceptors (Lipinski definition) is 4. The number of nitriles is 1. The summed E-state index contributed by atoms with van der Waals surface area (Å²) < 4.78 is 0. The van der Waals surface area contributed by atoms with Gasteiger partial charge in [0.1, 0.15) is 5.54 Å². The third-order valence-electron chi connectivity index (χ3n) is 4.02. The van der Waals surface area contributed by atoms with Gasteiger partial charge in [0.15, 0.2) is 0 Å². The van der Waals surface area contributed by atoms with Crippen molar-refractivity contribution >= 4 is 0 Å². The van der Waals surface area contributed by atoms with Gasteiger partial charge in [0.05, 0.1) is 6.07 Å². The quantitative estimate of drug-likeness (QED) is 0.755. The van der Waals surface area contributed by atoms with Crippen molar-refractivity contribution in [2.45, 2.75) is 25.3 Å². The van der Waals surface area contributed by atoms with E-state index in [4.69, 9.17) is 5.26 Å². The number of piperazine rings is 1. The van der Waals surface area contributed by atoms with Gasteiger partial charge in [0.2, 0.25) is 0 Å². The summed E-state index contributed by atoms with van der Waals surface area (Å²) in [5, 5.41) is 12.3. The largest absolute Gasteiger partial charge is 0.302 e. The second-order valence-electron chi connectivity index (χ2n) is 5.71. The summed E-state index contributed by atoms with van der Waals surface area (Å²) in [5.74, 6) is 0.989. The maximum atomic E-state index is 9.15. The van der Waals surface area contributed by atoms with Gasteiger partial charge in [-0.25, -0.2) is 0 Å². The number of likely N-dealkylation sites (N-methyl/N-ethyl adjacent to an activating group) is 1. The van der Waals surface area contributed by atoms with E-state index in [0.717, 1.165) is 25.6 Å². The van der Waals surface area contributed by atoms with E-state index in [1.54, 1.807) is 0 Å². The lowest BCUT2D eigenvalue weighted by molar-refractivity contribution is 0.113. The van der Waals surface area contributed by atoms with E-state index in [-0.39, 0.29) is 0 Å². The third-order valence-corrected chi connectivity index (χ3v) is 4.02. The topological polar surface area (TPSA) is 42.3 Å². The van der Waals surface area contributed by atoms with Crippen LogP contribution in [0.15, 0.2) is 0 Å². The van der Waals surface area contributed by atoms with Crippen LogP contribution in [0.1, 0.15) is 19.8 Å². The molecular formula is C13H24N4. The molecule has 0 bridgehead atoms. The average Bonchev–Trinajstić information content (AvgIpc) is 3.15. The molecule has 96 valence electrons. The third kappa shape index (κ3) is 3.67. The molecule has 1 saturated carbocycles. The molecule has 1 heterocycles. The van der Waals surface area contributed by atoms with Crippen LogP contribution in [0.25, 0.3) is 0 Å². The summed E-state index contributed by atoms with van der Waals surface area (Å²) in [6, 6.07) is 2.36. The van der Waals surface area contributed by atoms with Crippen LogP contribution in [0.3, 0.4) is 0 Å². The van der Waals surface area contributed by atoms with Gasteiger partial charge in [-0.2, -0.15) is 5.26 Å². The van der Waals surface area contributed by atoms with E-state index in [1.165, 1.54) is 32.5 Å². The molecule has 0 aromatic carbocycles. The van der Waals surface area contributed by atoms with E-state index in [2.05, 4.69) is 21.2 Å². The Morgan fingerprint density at radius 3 is 2.29 bits per heavy atom. The van der Waals surface area contributed by atoms with Crippen molar-refractivity contribution in [2.75, 3.05) is 46.3 Å². The van der Waals surface area contributed by atoms with Crippen molar-refractivity contribution in [1.29, 1.82) is 5.26 Å². The molecule has 1 N–H and O–H groups in total. The van der Waals surface area contributed by atoms with Gasteiger partial charge in [-0.15, -0.1) is 0 Å². The molecular weight excluding hydrogens is 212 g/mol. The molecule has 0 aromatic rings. The van der Waals surface area contributed by atoms with Crippen molar-refractivity contribution < 1.29 is 0 Å². The Bertz CT molecular complexity index is 286. The molecule has 1 atom stereocenters. The molecule has 4 nitrogen and oxygen atoms in total. The maximum Gasteiger partial charge on any atom is 0.116 e. The van der Waals surface area contributed by atoms with Gasteiger partial charge >= 0.3 is 0 Å². The molecule has 0 amide bonds. The smallest absolute Gasteiger partial charge is 0.116 e. The van der Waals surface area contributed by atoms with Crippen LogP contribution in [0.4, 0.5) is 0 Å². The first-order valence-corrected chi connectivity index (χ1v) is 6.70. The minimum Gasteiger partial charge on any atom is -0.302 e. The fourth-order valence-electron chi connectivity index (χ4n) is 2.41. The van der Waals surface area contributed by atoms with E-state index in [9.17, 15) is 0 Å². The highest BCUT2D eigenvalue weighted by molar-refractivity contribution is 5.05. The van der Waals surface area contributed by atoms with E-state index in [0.29, 0.717) is 0 Å².